The Bertz CT molecular complexity index is 429. The zero-order valence-corrected chi connectivity index (χ0v) is 11.8. The molecule has 7 heteroatoms. The van der Waals surface area contributed by atoms with Gasteiger partial charge in [-0.1, -0.05) is 0 Å². The van der Waals surface area contributed by atoms with Gasteiger partial charge in [-0.3, -0.25) is 0 Å². The van der Waals surface area contributed by atoms with Gasteiger partial charge in [0.1, 0.15) is 5.69 Å². The fourth-order valence-electron chi connectivity index (χ4n) is 1.16. The molecule has 0 atom stereocenters. The van der Waals surface area contributed by atoms with Crippen LogP contribution in [0.4, 0.5) is 8.78 Å². The number of hydrogen-bond acceptors (Lipinski definition) is 3. The summed E-state index contributed by atoms with van der Waals surface area (Å²) in [7, 11) is 0. The summed E-state index contributed by atoms with van der Waals surface area (Å²) in [5, 5.41) is 0. The Morgan fingerprint density at radius 1 is 1.65 bits per heavy atom. The molecule has 0 bridgehead atoms. The van der Waals surface area contributed by atoms with E-state index in [0.29, 0.717) is 3.57 Å². The van der Waals surface area contributed by atoms with E-state index < -0.39 is 18.1 Å². The molecule has 1 aromatic rings. The van der Waals surface area contributed by atoms with Crippen molar-refractivity contribution in [3.8, 4) is 0 Å². The number of esters is 1. The van der Waals surface area contributed by atoms with Crippen LogP contribution in [0.5, 0.6) is 0 Å². The van der Waals surface area contributed by atoms with Crippen molar-refractivity contribution < 1.29 is 18.3 Å². The van der Waals surface area contributed by atoms with Crippen molar-refractivity contribution >= 4 is 40.2 Å². The molecule has 94 valence electrons. The summed E-state index contributed by atoms with van der Waals surface area (Å²) >= 11 is 7.44. The van der Waals surface area contributed by atoms with Crippen LogP contribution in [-0.2, 0) is 10.6 Å². The van der Waals surface area contributed by atoms with Crippen LogP contribution in [0.25, 0.3) is 0 Å². The predicted molar refractivity (Wildman–Crippen MR) is 67.4 cm³/mol. The largest absolute Gasteiger partial charge is 0.462 e. The number of carbonyl (C=O) groups excluding carboxylic acids is 1. The summed E-state index contributed by atoms with van der Waals surface area (Å²) in [4.78, 5) is 15.3. The maximum absolute atomic E-state index is 12.6. The zero-order valence-electron chi connectivity index (χ0n) is 8.84. The van der Waals surface area contributed by atoms with Crippen LogP contribution in [0.2, 0.25) is 0 Å². The van der Waals surface area contributed by atoms with Gasteiger partial charge >= 0.3 is 5.97 Å². The average molecular weight is 376 g/mol. The van der Waals surface area contributed by atoms with Crippen LogP contribution in [0.3, 0.4) is 0 Å². The number of carbonyl (C=O) groups is 1. The van der Waals surface area contributed by atoms with E-state index in [0.717, 1.165) is 6.07 Å². The first-order valence-corrected chi connectivity index (χ1v) is 6.33. The Labute approximate surface area is 116 Å². The number of rotatable bonds is 4. The number of hydrogen-bond donors (Lipinski definition) is 0. The highest BCUT2D eigenvalue weighted by molar-refractivity contribution is 14.1. The van der Waals surface area contributed by atoms with Crippen LogP contribution < -0.4 is 0 Å². The lowest BCUT2D eigenvalue weighted by atomic mass is 10.2. The molecular weight excluding hydrogens is 366 g/mol. The molecule has 0 saturated carbocycles. The maximum atomic E-state index is 12.6. The van der Waals surface area contributed by atoms with Crippen LogP contribution >= 0.6 is 34.2 Å². The van der Waals surface area contributed by atoms with Gasteiger partial charge in [0.15, 0.2) is 0 Å². The van der Waals surface area contributed by atoms with Crippen molar-refractivity contribution in [2.24, 2.45) is 0 Å². The van der Waals surface area contributed by atoms with Gasteiger partial charge in [-0.15, -0.1) is 11.6 Å². The average Bonchev–Trinajstić information content (AvgIpc) is 2.29. The van der Waals surface area contributed by atoms with Gasteiger partial charge in [0, 0.05) is 0 Å². The van der Waals surface area contributed by atoms with Crippen molar-refractivity contribution in [2.75, 3.05) is 6.61 Å². The fraction of sp³-hybridized carbons (Fsp3) is 0.400. The lowest BCUT2D eigenvalue weighted by Crippen LogP contribution is -2.11. The minimum atomic E-state index is -2.75. The van der Waals surface area contributed by atoms with Gasteiger partial charge in [-0.05, 0) is 35.6 Å². The Balaban J connectivity index is 3.27. The Morgan fingerprint density at radius 2 is 2.29 bits per heavy atom. The summed E-state index contributed by atoms with van der Waals surface area (Å²) in [5.74, 6) is -0.682. The van der Waals surface area contributed by atoms with Gasteiger partial charge in [0.2, 0.25) is 0 Å². The number of pyridine rings is 1. The van der Waals surface area contributed by atoms with E-state index in [2.05, 4.69) is 4.98 Å². The second kappa shape index (κ2) is 6.44. The molecule has 0 N–H and O–H groups in total. The molecule has 0 radical (unpaired) electrons. The summed E-state index contributed by atoms with van der Waals surface area (Å²) in [6.45, 7) is 1.82. The molecule has 3 nitrogen and oxygen atoms in total. The second-order valence-electron chi connectivity index (χ2n) is 3.01. The van der Waals surface area contributed by atoms with Crippen molar-refractivity contribution in [3.63, 3.8) is 0 Å². The molecule has 1 heterocycles. The third-order valence-corrected chi connectivity index (χ3v) is 3.35. The van der Waals surface area contributed by atoms with Gasteiger partial charge in [-0.25, -0.2) is 18.6 Å². The first-order valence-electron chi connectivity index (χ1n) is 4.71. The molecule has 0 unspecified atom stereocenters. The molecule has 0 amide bonds. The third kappa shape index (κ3) is 3.48. The summed E-state index contributed by atoms with van der Waals surface area (Å²) in [5.41, 5.74) is -0.134. The minimum Gasteiger partial charge on any atom is -0.462 e. The topological polar surface area (TPSA) is 39.2 Å². The highest BCUT2D eigenvalue weighted by Gasteiger charge is 2.20. The number of alkyl halides is 3. The zero-order chi connectivity index (χ0) is 13.0. The Kier molecular flexibility index (Phi) is 5.51. The highest BCUT2D eigenvalue weighted by Crippen LogP contribution is 2.25. The summed E-state index contributed by atoms with van der Waals surface area (Å²) in [6, 6.07) is 1.04. The molecule has 0 aliphatic carbocycles. The normalized spacial score (nSPS) is 10.7. The molecule has 0 aliphatic heterocycles. The van der Waals surface area contributed by atoms with E-state index in [-0.39, 0.29) is 23.7 Å². The van der Waals surface area contributed by atoms with Crippen molar-refractivity contribution in [1.82, 2.24) is 4.98 Å². The number of halogens is 4. The Morgan fingerprint density at radius 3 is 2.76 bits per heavy atom. The van der Waals surface area contributed by atoms with Crippen molar-refractivity contribution in [2.45, 2.75) is 19.2 Å². The fourth-order valence-corrected chi connectivity index (χ4v) is 2.27. The molecule has 0 aliphatic rings. The summed E-state index contributed by atoms with van der Waals surface area (Å²) < 4.78 is 30.4. The number of aromatic nitrogens is 1. The number of nitrogens with zero attached hydrogens (tertiary/aromatic N) is 1. The predicted octanol–water partition coefficient (Wildman–Crippen LogP) is 3.54. The maximum Gasteiger partial charge on any atom is 0.339 e. The first-order chi connectivity index (χ1) is 8.01. The highest BCUT2D eigenvalue weighted by atomic mass is 127. The molecule has 0 spiro atoms. The van der Waals surface area contributed by atoms with Crippen LogP contribution in [-0.4, -0.2) is 17.6 Å². The van der Waals surface area contributed by atoms with E-state index in [9.17, 15) is 13.6 Å². The monoisotopic (exact) mass is 375 g/mol. The molecule has 17 heavy (non-hydrogen) atoms. The van der Waals surface area contributed by atoms with E-state index in [4.69, 9.17) is 16.3 Å². The lowest BCUT2D eigenvalue weighted by molar-refractivity contribution is 0.0524. The van der Waals surface area contributed by atoms with Crippen molar-refractivity contribution in [1.29, 1.82) is 0 Å². The lowest BCUT2D eigenvalue weighted by Gasteiger charge is -2.09. The van der Waals surface area contributed by atoms with Crippen LogP contribution in [0.15, 0.2) is 6.07 Å². The molecule has 1 rings (SSSR count). The second-order valence-corrected chi connectivity index (χ2v) is 4.36. The molecule has 0 aromatic carbocycles. The van der Waals surface area contributed by atoms with E-state index in [1.165, 1.54) is 0 Å². The SMILES string of the molecule is CCOC(=O)c1cc(C(F)F)nc(CCl)c1I. The molecule has 0 saturated heterocycles. The number of ether oxygens (including phenoxy) is 1. The van der Waals surface area contributed by atoms with E-state index >= 15 is 0 Å². The molecule has 0 fully saturated rings. The van der Waals surface area contributed by atoms with Gasteiger partial charge in [0.05, 0.1) is 27.3 Å². The standard InChI is InChI=1S/C10H9ClF2INO2/c1-2-17-10(16)5-3-6(9(12)13)15-7(4-11)8(5)14/h3,9H,2,4H2,1H3. The smallest absolute Gasteiger partial charge is 0.339 e. The van der Waals surface area contributed by atoms with E-state index in [1.807, 2.05) is 22.6 Å². The van der Waals surface area contributed by atoms with Crippen LogP contribution in [0.1, 0.15) is 35.1 Å². The third-order valence-electron chi connectivity index (χ3n) is 1.89. The molecule has 1 aromatic heterocycles. The van der Waals surface area contributed by atoms with Gasteiger partial charge < -0.3 is 4.74 Å². The first kappa shape index (κ1) is 14.6. The minimum absolute atomic E-state index is 0.0365. The van der Waals surface area contributed by atoms with Gasteiger partial charge in [-0.2, -0.15) is 0 Å². The quantitative estimate of drug-likeness (QED) is 0.459. The molecular formula is C10H9ClF2INO2. The van der Waals surface area contributed by atoms with E-state index in [1.54, 1.807) is 6.92 Å². The van der Waals surface area contributed by atoms with Crippen LogP contribution in [0, 0.1) is 3.57 Å². The van der Waals surface area contributed by atoms with Crippen molar-refractivity contribution in [3.05, 3.63) is 26.6 Å². The summed E-state index contributed by atoms with van der Waals surface area (Å²) in [6.07, 6.45) is -2.75. The Hall–Kier alpha value is -0.500. The van der Waals surface area contributed by atoms with Gasteiger partial charge in [0.25, 0.3) is 6.43 Å².